The fourth-order valence-corrected chi connectivity index (χ4v) is 2.35. The Morgan fingerprint density at radius 3 is 2.88 bits per heavy atom. The van der Waals surface area contributed by atoms with Crippen molar-refractivity contribution in [3.05, 3.63) is 70.1 Å². The number of nitro groups is 1. The van der Waals surface area contributed by atoms with Crippen molar-refractivity contribution in [2.75, 3.05) is 12.4 Å². The first-order valence-electron chi connectivity index (χ1n) is 7.55. The number of ether oxygens (including phenoxy) is 1. The predicted molar refractivity (Wildman–Crippen MR) is 90.9 cm³/mol. The Hall–Kier alpha value is -3.26. The highest BCUT2D eigenvalue weighted by Crippen LogP contribution is 2.22. The van der Waals surface area contributed by atoms with Crippen LogP contribution in [0.4, 0.5) is 11.4 Å². The van der Waals surface area contributed by atoms with Gasteiger partial charge in [-0.05, 0) is 6.07 Å². The third-order valence-electron chi connectivity index (χ3n) is 3.53. The number of nitrogens with zero attached hydrogens (tertiary/aromatic N) is 3. The molecule has 3 rings (SSSR count). The number of anilines is 1. The van der Waals surface area contributed by atoms with Gasteiger partial charge in [-0.15, -0.1) is 0 Å². The van der Waals surface area contributed by atoms with Gasteiger partial charge in [0.15, 0.2) is 0 Å². The molecule has 0 unspecified atom stereocenters. The lowest BCUT2D eigenvalue weighted by molar-refractivity contribution is -0.384. The Morgan fingerprint density at radius 2 is 2.08 bits per heavy atom. The number of rotatable bonds is 7. The van der Waals surface area contributed by atoms with E-state index < -0.39 is 4.92 Å². The fourth-order valence-electron chi connectivity index (χ4n) is 2.35. The molecule has 0 saturated heterocycles. The van der Waals surface area contributed by atoms with Gasteiger partial charge in [0.1, 0.15) is 0 Å². The highest BCUT2D eigenvalue weighted by atomic mass is 16.6. The molecule has 3 aromatic rings. The number of nitro benzene ring substituents is 1. The van der Waals surface area contributed by atoms with Gasteiger partial charge in [-0.2, -0.15) is 4.98 Å². The predicted octanol–water partition coefficient (Wildman–Crippen LogP) is 3.40. The third-order valence-corrected chi connectivity index (χ3v) is 3.53. The lowest BCUT2D eigenvalue weighted by Gasteiger charge is -2.09. The third kappa shape index (κ3) is 3.99. The summed E-state index contributed by atoms with van der Waals surface area (Å²) in [5, 5.41) is 18.0. The maximum Gasteiger partial charge on any atom is 0.270 e. The SMILES string of the molecule is COCc1ccccc1NCc1nc(-c2cccc([N+](=O)[O-])c2)no1. The van der Waals surface area contributed by atoms with Gasteiger partial charge in [-0.3, -0.25) is 10.1 Å². The number of hydrogen-bond donors (Lipinski definition) is 1. The van der Waals surface area contributed by atoms with E-state index in [-0.39, 0.29) is 5.69 Å². The zero-order valence-electron chi connectivity index (χ0n) is 13.5. The second-order valence-corrected chi connectivity index (χ2v) is 5.26. The van der Waals surface area contributed by atoms with E-state index in [2.05, 4.69) is 15.5 Å². The average molecular weight is 340 g/mol. The molecule has 0 radical (unpaired) electrons. The number of aromatic nitrogens is 2. The molecule has 0 atom stereocenters. The maximum absolute atomic E-state index is 10.9. The number of para-hydroxylation sites is 1. The molecule has 25 heavy (non-hydrogen) atoms. The Morgan fingerprint density at radius 1 is 1.24 bits per heavy atom. The second kappa shape index (κ2) is 7.54. The van der Waals surface area contributed by atoms with Crippen LogP contribution in [0.1, 0.15) is 11.5 Å². The number of methoxy groups -OCH3 is 1. The van der Waals surface area contributed by atoms with Crippen LogP contribution in [0.3, 0.4) is 0 Å². The molecule has 0 aliphatic rings. The molecule has 1 aromatic heterocycles. The van der Waals surface area contributed by atoms with Crippen LogP contribution in [0.15, 0.2) is 53.1 Å². The second-order valence-electron chi connectivity index (χ2n) is 5.26. The monoisotopic (exact) mass is 340 g/mol. The van der Waals surface area contributed by atoms with Crippen LogP contribution in [0.5, 0.6) is 0 Å². The first-order valence-corrected chi connectivity index (χ1v) is 7.55. The summed E-state index contributed by atoms with van der Waals surface area (Å²) < 4.78 is 10.4. The number of benzene rings is 2. The lowest BCUT2D eigenvalue weighted by atomic mass is 10.2. The first kappa shape index (κ1) is 16.6. The Bertz CT molecular complexity index is 878. The average Bonchev–Trinajstić information content (AvgIpc) is 3.10. The highest BCUT2D eigenvalue weighted by Gasteiger charge is 2.13. The molecule has 0 aliphatic heterocycles. The molecule has 128 valence electrons. The number of nitrogens with one attached hydrogen (secondary N) is 1. The van der Waals surface area contributed by atoms with Gasteiger partial charge in [-0.25, -0.2) is 0 Å². The van der Waals surface area contributed by atoms with Crippen molar-refractivity contribution < 1.29 is 14.2 Å². The van der Waals surface area contributed by atoms with Crippen molar-refractivity contribution in [2.45, 2.75) is 13.2 Å². The van der Waals surface area contributed by atoms with Crippen molar-refractivity contribution in [1.29, 1.82) is 0 Å². The van der Waals surface area contributed by atoms with E-state index in [1.54, 1.807) is 19.2 Å². The molecule has 1 N–H and O–H groups in total. The summed E-state index contributed by atoms with van der Waals surface area (Å²) in [6.07, 6.45) is 0. The molecular formula is C17H16N4O4. The standard InChI is InChI=1S/C17H16N4O4/c1-24-11-13-5-2-3-8-15(13)18-10-16-19-17(20-25-16)12-6-4-7-14(9-12)21(22)23/h2-9,18H,10-11H2,1H3. The van der Waals surface area contributed by atoms with Gasteiger partial charge in [-0.1, -0.05) is 35.5 Å². The lowest BCUT2D eigenvalue weighted by Crippen LogP contribution is -2.03. The minimum absolute atomic E-state index is 0.0181. The summed E-state index contributed by atoms with van der Waals surface area (Å²) in [6, 6.07) is 13.9. The quantitative estimate of drug-likeness (QED) is 0.519. The summed E-state index contributed by atoms with van der Waals surface area (Å²) in [5.41, 5.74) is 2.45. The van der Waals surface area contributed by atoms with Crippen molar-refractivity contribution in [2.24, 2.45) is 0 Å². The van der Waals surface area contributed by atoms with Crippen LogP contribution in [0, 0.1) is 10.1 Å². The Kier molecular flexibility index (Phi) is 5.00. The minimum atomic E-state index is -0.460. The first-order chi connectivity index (χ1) is 12.2. The van der Waals surface area contributed by atoms with E-state index in [0.717, 1.165) is 11.3 Å². The molecule has 8 heteroatoms. The van der Waals surface area contributed by atoms with Crippen LogP contribution in [0.2, 0.25) is 0 Å². The Labute approximate surface area is 143 Å². The normalized spacial score (nSPS) is 10.6. The topological polar surface area (TPSA) is 103 Å². The van der Waals surface area contributed by atoms with E-state index >= 15 is 0 Å². The van der Waals surface area contributed by atoms with Gasteiger partial charge in [0, 0.05) is 36.1 Å². The van der Waals surface area contributed by atoms with Crippen LogP contribution < -0.4 is 5.32 Å². The molecule has 8 nitrogen and oxygen atoms in total. The van der Waals surface area contributed by atoms with E-state index in [9.17, 15) is 10.1 Å². The van der Waals surface area contributed by atoms with Crippen LogP contribution in [-0.4, -0.2) is 22.2 Å². The number of hydrogen-bond acceptors (Lipinski definition) is 7. The van der Waals surface area contributed by atoms with Crippen molar-refractivity contribution in [1.82, 2.24) is 10.1 Å². The van der Waals surface area contributed by atoms with Crippen LogP contribution >= 0.6 is 0 Å². The number of non-ortho nitro benzene ring substituents is 1. The van der Waals surface area contributed by atoms with Gasteiger partial charge in [0.2, 0.25) is 11.7 Å². The van der Waals surface area contributed by atoms with Gasteiger partial charge in [0.05, 0.1) is 18.1 Å². The van der Waals surface area contributed by atoms with E-state index in [1.807, 2.05) is 24.3 Å². The molecule has 0 aliphatic carbocycles. The molecule has 0 amide bonds. The molecule has 0 fully saturated rings. The fraction of sp³-hybridized carbons (Fsp3) is 0.176. The maximum atomic E-state index is 10.9. The van der Waals surface area contributed by atoms with E-state index in [4.69, 9.17) is 9.26 Å². The molecule has 2 aromatic carbocycles. The van der Waals surface area contributed by atoms with Gasteiger partial charge >= 0.3 is 0 Å². The van der Waals surface area contributed by atoms with E-state index in [0.29, 0.717) is 30.4 Å². The molecule has 0 bridgehead atoms. The largest absolute Gasteiger partial charge is 0.380 e. The smallest absolute Gasteiger partial charge is 0.270 e. The van der Waals surface area contributed by atoms with Gasteiger partial charge in [0.25, 0.3) is 5.69 Å². The summed E-state index contributed by atoms with van der Waals surface area (Å²) in [7, 11) is 1.64. The Balaban J connectivity index is 1.72. The molecule has 0 spiro atoms. The molecular weight excluding hydrogens is 324 g/mol. The summed E-state index contributed by atoms with van der Waals surface area (Å²) in [6.45, 7) is 0.828. The van der Waals surface area contributed by atoms with Crippen LogP contribution in [-0.2, 0) is 17.9 Å². The van der Waals surface area contributed by atoms with Crippen molar-refractivity contribution in [3.63, 3.8) is 0 Å². The van der Waals surface area contributed by atoms with Gasteiger partial charge < -0.3 is 14.6 Å². The highest BCUT2D eigenvalue weighted by molar-refractivity contribution is 5.58. The zero-order valence-corrected chi connectivity index (χ0v) is 13.5. The molecule has 0 saturated carbocycles. The molecule has 1 heterocycles. The summed E-state index contributed by atoms with van der Waals surface area (Å²) >= 11 is 0. The summed E-state index contributed by atoms with van der Waals surface area (Å²) in [5.74, 6) is 0.694. The zero-order chi connectivity index (χ0) is 17.6. The minimum Gasteiger partial charge on any atom is -0.380 e. The summed E-state index contributed by atoms with van der Waals surface area (Å²) in [4.78, 5) is 14.7. The van der Waals surface area contributed by atoms with Crippen LogP contribution in [0.25, 0.3) is 11.4 Å². The van der Waals surface area contributed by atoms with Crippen molar-refractivity contribution >= 4 is 11.4 Å². The van der Waals surface area contributed by atoms with E-state index in [1.165, 1.54) is 12.1 Å². The van der Waals surface area contributed by atoms with Crippen molar-refractivity contribution in [3.8, 4) is 11.4 Å².